The summed E-state index contributed by atoms with van der Waals surface area (Å²) in [6.45, 7) is 2.62. The van der Waals surface area contributed by atoms with Crippen LogP contribution in [0.4, 0.5) is 0 Å². The lowest BCUT2D eigenvalue weighted by atomic mass is 10.1. The first-order valence-electron chi connectivity index (χ1n) is 6.15. The van der Waals surface area contributed by atoms with Crippen LogP contribution in [0.25, 0.3) is 0 Å². The normalized spacial score (nSPS) is 18.6. The summed E-state index contributed by atoms with van der Waals surface area (Å²) < 4.78 is 12.0. The molecule has 1 heterocycles. The first kappa shape index (κ1) is 13.4. The Hall–Kier alpha value is -1.04. The van der Waals surface area contributed by atoms with Gasteiger partial charge in [-0.1, -0.05) is 23.4 Å². The maximum Gasteiger partial charge on any atom is 0.152 e. The molecule has 1 aromatic carbocycles. The third-order valence-electron chi connectivity index (χ3n) is 3.17. The Bertz CT molecular complexity index is 387. The predicted octanol–water partition coefficient (Wildman–Crippen LogP) is 1.72. The Kier molecular flexibility index (Phi) is 5.04. The van der Waals surface area contributed by atoms with Crippen molar-refractivity contribution < 1.29 is 9.76 Å². The first-order chi connectivity index (χ1) is 8.79. The maximum atomic E-state index is 12.0. The molecule has 0 saturated carbocycles. The average molecular weight is 266 g/mol. The number of nitrogens with zero attached hydrogens (tertiary/aromatic N) is 2. The van der Waals surface area contributed by atoms with E-state index in [0.717, 1.165) is 43.1 Å². The van der Waals surface area contributed by atoms with Crippen molar-refractivity contribution in [2.75, 3.05) is 25.4 Å². The van der Waals surface area contributed by atoms with Crippen LogP contribution in [-0.2, 0) is 11.2 Å². The second kappa shape index (κ2) is 6.78. The van der Waals surface area contributed by atoms with Gasteiger partial charge in [-0.3, -0.25) is 4.90 Å². The molecule has 4 nitrogen and oxygen atoms in total. The minimum Gasteiger partial charge on any atom is -0.611 e. The lowest BCUT2D eigenvalue weighted by molar-refractivity contribution is 0.274. The van der Waals surface area contributed by atoms with Crippen molar-refractivity contribution in [3.05, 3.63) is 30.3 Å². The summed E-state index contributed by atoms with van der Waals surface area (Å²) in [6, 6.07) is 9.57. The number of hydrogen-bond donors (Lipinski definition) is 1. The van der Waals surface area contributed by atoms with Gasteiger partial charge in [0.15, 0.2) is 4.90 Å². The molecule has 0 aliphatic carbocycles. The fourth-order valence-electron chi connectivity index (χ4n) is 2.04. The molecule has 0 radical (unpaired) electrons. The van der Waals surface area contributed by atoms with Crippen LogP contribution < -0.4 is 0 Å². The van der Waals surface area contributed by atoms with Crippen LogP contribution in [-0.4, -0.2) is 45.8 Å². The number of rotatable bonds is 4. The molecule has 1 atom stereocenters. The van der Waals surface area contributed by atoms with Crippen molar-refractivity contribution >= 4 is 16.9 Å². The van der Waals surface area contributed by atoms with Gasteiger partial charge in [0, 0.05) is 32.5 Å². The minimum atomic E-state index is -0.917. The van der Waals surface area contributed by atoms with Crippen LogP contribution in [0.1, 0.15) is 12.8 Å². The van der Waals surface area contributed by atoms with E-state index in [9.17, 15) is 4.55 Å². The van der Waals surface area contributed by atoms with Gasteiger partial charge in [0.25, 0.3) is 0 Å². The molecule has 0 bridgehead atoms. The number of piperidine rings is 1. The summed E-state index contributed by atoms with van der Waals surface area (Å²) in [7, 11) is 0. The van der Waals surface area contributed by atoms with Gasteiger partial charge in [0.05, 0.1) is 5.71 Å². The molecule has 1 saturated heterocycles. The van der Waals surface area contributed by atoms with Gasteiger partial charge in [0.2, 0.25) is 0 Å². The second-order valence-electron chi connectivity index (χ2n) is 4.37. The molecule has 1 unspecified atom stereocenters. The third kappa shape index (κ3) is 3.73. The van der Waals surface area contributed by atoms with Crippen molar-refractivity contribution in [3.8, 4) is 0 Å². The monoisotopic (exact) mass is 266 g/mol. The van der Waals surface area contributed by atoms with Crippen molar-refractivity contribution in [1.29, 1.82) is 0 Å². The van der Waals surface area contributed by atoms with Crippen LogP contribution in [0.3, 0.4) is 0 Å². The van der Waals surface area contributed by atoms with E-state index in [1.807, 2.05) is 30.3 Å². The van der Waals surface area contributed by atoms with E-state index in [4.69, 9.17) is 5.21 Å². The smallest absolute Gasteiger partial charge is 0.152 e. The molecule has 1 aliphatic rings. The predicted molar refractivity (Wildman–Crippen MR) is 72.6 cm³/mol. The molecule has 1 N–H and O–H groups in total. The van der Waals surface area contributed by atoms with E-state index >= 15 is 0 Å². The van der Waals surface area contributed by atoms with Crippen molar-refractivity contribution in [2.45, 2.75) is 17.7 Å². The Morgan fingerprint density at radius 1 is 1.22 bits per heavy atom. The molecule has 1 fully saturated rings. The van der Waals surface area contributed by atoms with Gasteiger partial charge in [-0.25, -0.2) is 0 Å². The molecule has 0 aromatic heterocycles. The highest BCUT2D eigenvalue weighted by atomic mass is 32.2. The van der Waals surface area contributed by atoms with Gasteiger partial charge in [0.1, 0.15) is 5.75 Å². The molecule has 0 amide bonds. The Morgan fingerprint density at radius 3 is 2.50 bits per heavy atom. The topological polar surface area (TPSA) is 58.9 Å². The molecule has 1 aliphatic heterocycles. The molecule has 1 aromatic rings. The quantitative estimate of drug-likeness (QED) is 0.513. The summed E-state index contributed by atoms with van der Waals surface area (Å²) >= 11 is -0.917. The van der Waals surface area contributed by atoms with Gasteiger partial charge in [-0.05, 0) is 23.3 Å². The van der Waals surface area contributed by atoms with Crippen LogP contribution in [0, 0.1) is 0 Å². The molecular weight excluding hydrogens is 248 g/mol. The summed E-state index contributed by atoms with van der Waals surface area (Å²) in [6.07, 6.45) is 1.63. The number of benzene rings is 1. The SMILES string of the molecule is [O-][S+](CCN1CCC(=NO)CC1)c1ccccc1. The summed E-state index contributed by atoms with van der Waals surface area (Å²) in [4.78, 5) is 3.17. The largest absolute Gasteiger partial charge is 0.611 e. The van der Waals surface area contributed by atoms with Gasteiger partial charge in [-0.15, -0.1) is 0 Å². The van der Waals surface area contributed by atoms with E-state index in [0.29, 0.717) is 5.75 Å². The molecular formula is C13H18N2O2S. The van der Waals surface area contributed by atoms with Crippen LogP contribution >= 0.6 is 0 Å². The van der Waals surface area contributed by atoms with Crippen LogP contribution in [0.2, 0.25) is 0 Å². The second-order valence-corrected chi connectivity index (χ2v) is 5.94. The number of likely N-dealkylation sites (tertiary alicyclic amines) is 1. The Morgan fingerprint density at radius 2 is 1.89 bits per heavy atom. The molecule has 98 valence electrons. The molecule has 5 heteroatoms. The summed E-state index contributed by atoms with van der Waals surface area (Å²) in [5.74, 6) is 0.662. The maximum absolute atomic E-state index is 12.0. The molecule has 2 rings (SSSR count). The van der Waals surface area contributed by atoms with E-state index in [-0.39, 0.29) is 0 Å². The lowest BCUT2D eigenvalue weighted by Crippen LogP contribution is -2.37. The molecule has 0 spiro atoms. The minimum absolute atomic E-state index is 0.662. The third-order valence-corrected chi connectivity index (χ3v) is 4.52. The number of hydrogen-bond acceptors (Lipinski definition) is 4. The van der Waals surface area contributed by atoms with E-state index in [1.165, 1.54) is 0 Å². The van der Waals surface area contributed by atoms with Gasteiger partial charge in [-0.2, -0.15) is 0 Å². The summed E-state index contributed by atoms with van der Waals surface area (Å²) in [5.41, 5.74) is 0.871. The number of oxime groups is 1. The van der Waals surface area contributed by atoms with Crippen molar-refractivity contribution in [1.82, 2.24) is 4.90 Å². The average Bonchev–Trinajstić information content (AvgIpc) is 2.46. The summed E-state index contributed by atoms with van der Waals surface area (Å²) in [5, 5.41) is 11.9. The van der Waals surface area contributed by atoms with Crippen LogP contribution in [0.15, 0.2) is 40.4 Å². The van der Waals surface area contributed by atoms with Crippen LogP contribution in [0.5, 0.6) is 0 Å². The zero-order chi connectivity index (χ0) is 12.8. The fourth-order valence-corrected chi connectivity index (χ4v) is 3.16. The standard InChI is InChI=1S/C13H18N2O2S/c16-14-12-6-8-15(9-7-12)10-11-18(17)13-4-2-1-3-5-13/h1-5,16H,6-11H2. The Labute approximate surface area is 110 Å². The Balaban J connectivity index is 1.75. The highest BCUT2D eigenvalue weighted by molar-refractivity contribution is 7.91. The van der Waals surface area contributed by atoms with E-state index < -0.39 is 11.2 Å². The highest BCUT2D eigenvalue weighted by Crippen LogP contribution is 2.12. The molecule has 18 heavy (non-hydrogen) atoms. The van der Waals surface area contributed by atoms with Crippen molar-refractivity contribution in [3.63, 3.8) is 0 Å². The highest BCUT2D eigenvalue weighted by Gasteiger charge is 2.18. The zero-order valence-electron chi connectivity index (χ0n) is 10.3. The van der Waals surface area contributed by atoms with Gasteiger partial charge >= 0.3 is 0 Å². The lowest BCUT2D eigenvalue weighted by Gasteiger charge is -2.26. The van der Waals surface area contributed by atoms with Crippen molar-refractivity contribution in [2.24, 2.45) is 5.16 Å². The van der Waals surface area contributed by atoms with E-state index in [1.54, 1.807) is 0 Å². The van der Waals surface area contributed by atoms with E-state index in [2.05, 4.69) is 10.1 Å². The first-order valence-corrected chi connectivity index (χ1v) is 7.47. The van der Waals surface area contributed by atoms with Gasteiger partial charge < -0.3 is 9.76 Å². The fraction of sp³-hybridized carbons (Fsp3) is 0.462. The zero-order valence-corrected chi connectivity index (χ0v) is 11.1.